The summed E-state index contributed by atoms with van der Waals surface area (Å²) in [5.74, 6) is -0.519. The molecule has 0 aliphatic carbocycles. The summed E-state index contributed by atoms with van der Waals surface area (Å²) in [6.45, 7) is 5.83. The molecule has 4 N–H and O–H groups in total. The Labute approximate surface area is 115 Å². The molecule has 8 heteroatoms. The van der Waals surface area contributed by atoms with Crippen molar-refractivity contribution in [1.29, 1.82) is 0 Å². The van der Waals surface area contributed by atoms with Crippen molar-refractivity contribution >= 4 is 15.9 Å². The molecule has 1 aliphatic rings. The first kappa shape index (κ1) is 16.4. The van der Waals surface area contributed by atoms with Crippen molar-refractivity contribution in [3.05, 3.63) is 0 Å². The molecule has 1 saturated heterocycles. The van der Waals surface area contributed by atoms with E-state index in [4.69, 9.17) is 11.5 Å². The highest BCUT2D eigenvalue weighted by Gasteiger charge is 2.32. The van der Waals surface area contributed by atoms with Gasteiger partial charge in [0.1, 0.15) is 0 Å². The average Bonchev–Trinajstić information content (AvgIpc) is 2.27. The highest BCUT2D eigenvalue weighted by molar-refractivity contribution is 7.88. The van der Waals surface area contributed by atoms with E-state index in [0.29, 0.717) is 32.6 Å². The quantitative estimate of drug-likeness (QED) is 0.644. The summed E-state index contributed by atoms with van der Waals surface area (Å²) in [6.07, 6.45) is 1.68. The van der Waals surface area contributed by atoms with Crippen LogP contribution >= 0.6 is 0 Å². The van der Waals surface area contributed by atoms with E-state index in [1.165, 1.54) is 10.6 Å². The van der Waals surface area contributed by atoms with Crippen LogP contribution in [0.1, 0.15) is 20.3 Å². The molecule has 7 nitrogen and oxygen atoms in total. The molecule has 1 rings (SSSR count). The minimum atomic E-state index is -3.12. The average molecular weight is 292 g/mol. The Morgan fingerprint density at radius 1 is 1.32 bits per heavy atom. The number of piperazine rings is 1. The van der Waals surface area contributed by atoms with Crippen LogP contribution in [0.5, 0.6) is 0 Å². The van der Waals surface area contributed by atoms with Crippen molar-refractivity contribution in [2.45, 2.75) is 31.8 Å². The van der Waals surface area contributed by atoms with Crippen molar-refractivity contribution in [3.63, 3.8) is 0 Å². The van der Waals surface area contributed by atoms with Gasteiger partial charge >= 0.3 is 0 Å². The topological polar surface area (TPSA) is 110 Å². The molecule has 2 atom stereocenters. The van der Waals surface area contributed by atoms with Gasteiger partial charge in [-0.2, -0.15) is 4.31 Å². The largest absolute Gasteiger partial charge is 0.368 e. The molecule has 0 saturated carbocycles. The first-order chi connectivity index (χ1) is 8.54. The zero-order valence-corrected chi connectivity index (χ0v) is 12.6. The van der Waals surface area contributed by atoms with Crippen LogP contribution in [0.25, 0.3) is 0 Å². The number of amides is 1. The van der Waals surface area contributed by atoms with Gasteiger partial charge in [-0.25, -0.2) is 8.42 Å². The Kier molecular flexibility index (Phi) is 4.94. The molecule has 0 aromatic rings. The summed E-state index contributed by atoms with van der Waals surface area (Å²) < 4.78 is 24.3. The second kappa shape index (κ2) is 5.74. The fraction of sp³-hybridized carbons (Fsp3) is 0.909. The minimum Gasteiger partial charge on any atom is -0.368 e. The first-order valence-electron chi connectivity index (χ1n) is 6.32. The summed E-state index contributed by atoms with van der Waals surface area (Å²) in [5.41, 5.74) is 10.1. The molecule has 0 radical (unpaired) electrons. The highest BCUT2D eigenvalue weighted by Crippen LogP contribution is 2.16. The molecule has 0 bridgehead atoms. The van der Waals surface area contributed by atoms with E-state index < -0.39 is 21.5 Å². The highest BCUT2D eigenvalue weighted by atomic mass is 32.2. The van der Waals surface area contributed by atoms with Crippen molar-refractivity contribution < 1.29 is 13.2 Å². The first-order valence-corrected chi connectivity index (χ1v) is 8.17. The van der Waals surface area contributed by atoms with Gasteiger partial charge in [-0.05, 0) is 20.3 Å². The number of hydrogen-bond donors (Lipinski definition) is 2. The predicted molar refractivity (Wildman–Crippen MR) is 73.9 cm³/mol. The van der Waals surface area contributed by atoms with Crippen molar-refractivity contribution in [1.82, 2.24) is 9.21 Å². The van der Waals surface area contributed by atoms with Gasteiger partial charge in [0.05, 0.1) is 11.8 Å². The molecular formula is C11H24N4O3S. The summed E-state index contributed by atoms with van der Waals surface area (Å²) >= 11 is 0. The lowest BCUT2D eigenvalue weighted by molar-refractivity contribution is -0.123. The fourth-order valence-corrected chi connectivity index (χ4v) is 3.15. The number of carbonyl (C=O) groups excluding carboxylic acids is 1. The van der Waals surface area contributed by atoms with Crippen LogP contribution in [-0.2, 0) is 14.8 Å². The lowest BCUT2D eigenvalue weighted by atomic mass is 9.93. The summed E-state index contributed by atoms with van der Waals surface area (Å²) in [4.78, 5) is 13.3. The Bertz CT molecular complexity index is 427. The van der Waals surface area contributed by atoms with Crippen LogP contribution < -0.4 is 11.5 Å². The third-order valence-electron chi connectivity index (χ3n) is 3.65. The lowest BCUT2D eigenvalue weighted by Gasteiger charge is -2.39. The monoisotopic (exact) mass is 292 g/mol. The van der Waals surface area contributed by atoms with Gasteiger partial charge in [-0.15, -0.1) is 0 Å². The number of carbonyl (C=O) groups is 1. The van der Waals surface area contributed by atoms with Gasteiger partial charge in [0.25, 0.3) is 0 Å². The molecular weight excluding hydrogens is 268 g/mol. The van der Waals surface area contributed by atoms with E-state index in [0.717, 1.165) is 0 Å². The Hall–Kier alpha value is -0.700. The molecule has 0 spiro atoms. The zero-order chi connectivity index (χ0) is 14.8. The minimum absolute atomic E-state index is 0.0872. The fourth-order valence-electron chi connectivity index (χ4n) is 2.32. The number of primary amides is 1. The number of sulfonamides is 1. The lowest BCUT2D eigenvalue weighted by Crippen LogP contribution is -2.56. The van der Waals surface area contributed by atoms with Gasteiger partial charge < -0.3 is 11.5 Å². The molecule has 1 amide bonds. The van der Waals surface area contributed by atoms with E-state index in [-0.39, 0.29) is 6.04 Å². The molecule has 1 heterocycles. The normalized spacial score (nSPS) is 23.8. The molecule has 2 unspecified atom stereocenters. The molecule has 0 aromatic carbocycles. The van der Waals surface area contributed by atoms with Crippen LogP contribution in [0.2, 0.25) is 0 Å². The van der Waals surface area contributed by atoms with Gasteiger partial charge in [0.2, 0.25) is 15.9 Å². The smallest absolute Gasteiger partial charge is 0.237 e. The predicted octanol–water partition coefficient (Wildman–Crippen LogP) is -1.46. The maximum absolute atomic E-state index is 11.4. The van der Waals surface area contributed by atoms with E-state index in [1.807, 2.05) is 6.92 Å². The van der Waals surface area contributed by atoms with E-state index in [9.17, 15) is 13.2 Å². The number of rotatable bonds is 5. The Balaban J connectivity index is 2.54. The van der Waals surface area contributed by atoms with Gasteiger partial charge in [0, 0.05) is 32.2 Å². The Morgan fingerprint density at radius 2 is 1.79 bits per heavy atom. The standard InChI is InChI=1S/C11H24N4O3S/c1-9(8-11(2,13)10(12)16)14-4-6-15(7-5-14)19(3,17)18/h9H,4-8,13H2,1-3H3,(H2,12,16). The molecule has 0 aromatic heterocycles. The molecule has 1 fully saturated rings. The SMILES string of the molecule is CC(CC(C)(N)C(N)=O)N1CCN(S(C)(=O)=O)CC1. The number of nitrogens with zero attached hydrogens (tertiary/aromatic N) is 2. The van der Waals surface area contributed by atoms with Gasteiger partial charge in [-0.1, -0.05) is 0 Å². The van der Waals surface area contributed by atoms with Crippen molar-refractivity contribution in [3.8, 4) is 0 Å². The van der Waals surface area contributed by atoms with Crippen LogP contribution in [0.3, 0.4) is 0 Å². The van der Waals surface area contributed by atoms with E-state index in [1.54, 1.807) is 6.92 Å². The Morgan fingerprint density at radius 3 is 2.16 bits per heavy atom. The van der Waals surface area contributed by atoms with Gasteiger partial charge in [-0.3, -0.25) is 9.69 Å². The second-order valence-electron chi connectivity index (χ2n) is 5.53. The molecule has 1 aliphatic heterocycles. The molecule has 19 heavy (non-hydrogen) atoms. The van der Waals surface area contributed by atoms with Gasteiger partial charge in [0.15, 0.2) is 0 Å². The van der Waals surface area contributed by atoms with Crippen LogP contribution in [0, 0.1) is 0 Å². The van der Waals surface area contributed by atoms with Crippen molar-refractivity contribution in [2.75, 3.05) is 32.4 Å². The number of hydrogen-bond acceptors (Lipinski definition) is 5. The van der Waals surface area contributed by atoms with Crippen LogP contribution in [0.15, 0.2) is 0 Å². The van der Waals surface area contributed by atoms with E-state index in [2.05, 4.69) is 4.90 Å². The van der Waals surface area contributed by atoms with Crippen LogP contribution in [0.4, 0.5) is 0 Å². The molecule has 112 valence electrons. The third-order valence-corrected chi connectivity index (χ3v) is 4.95. The second-order valence-corrected chi connectivity index (χ2v) is 7.52. The maximum Gasteiger partial charge on any atom is 0.237 e. The number of nitrogens with two attached hydrogens (primary N) is 2. The van der Waals surface area contributed by atoms with Crippen molar-refractivity contribution in [2.24, 2.45) is 11.5 Å². The van der Waals surface area contributed by atoms with Crippen LogP contribution in [-0.4, -0.2) is 67.5 Å². The summed E-state index contributed by atoms with van der Waals surface area (Å²) in [7, 11) is -3.12. The third kappa shape index (κ3) is 4.41. The maximum atomic E-state index is 11.4. The summed E-state index contributed by atoms with van der Waals surface area (Å²) in [5, 5.41) is 0. The van der Waals surface area contributed by atoms with E-state index >= 15 is 0 Å². The summed E-state index contributed by atoms with van der Waals surface area (Å²) in [6, 6.07) is 0.0872. The zero-order valence-electron chi connectivity index (χ0n) is 11.8.